The normalized spacial score (nSPS) is 40.5. The molecule has 1 aromatic carbocycles. The summed E-state index contributed by atoms with van der Waals surface area (Å²) < 4.78 is 49.1. The van der Waals surface area contributed by atoms with Crippen molar-refractivity contribution in [3.8, 4) is 0 Å². The van der Waals surface area contributed by atoms with Gasteiger partial charge >= 0.3 is 11.9 Å². The van der Waals surface area contributed by atoms with E-state index in [-0.39, 0.29) is 118 Å². The van der Waals surface area contributed by atoms with Crippen LogP contribution < -0.4 is 0 Å². The second-order valence-corrected chi connectivity index (χ2v) is 31.7. The summed E-state index contributed by atoms with van der Waals surface area (Å²) in [6.07, 6.45) is -22.1. The van der Waals surface area contributed by atoms with Crippen LogP contribution in [0, 0.1) is 41.4 Å². The number of ketones is 3. The Labute approximate surface area is 616 Å². The van der Waals surface area contributed by atoms with Crippen molar-refractivity contribution < 1.29 is 138 Å². The van der Waals surface area contributed by atoms with E-state index in [1.165, 1.54) is 44.2 Å². The highest BCUT2D eigenvalue weighted by Crippen LogP contribution is 2.43. The van der Waals surface area contributed by atoms with Crippen molar-refractivity contribution in [3.63, 3.8) is 0 Å². The molecule has 0 aromatic heterocycles. The van der Waals surface area contributed by atoms with Gasteiger partial charge in [0.25, 0.3) is 5.79 Å². The molecule has 4 fully saturated rings. The average Bonchev–Trinajstić information content (AvgIpc) is 1.34. The fourth-order valence-corrected chi connectivity index (χ4v) is 15.8. The van der Waals surface area contributed by atoms with Gasteiger partial charge in [0.05, 0.1) is 109 Å². The molecule has 33 unspecified atom stereocenters. The molecule has 28 nitrogen and oxygen atoms in total. The van der Waals surface area contributed by atoms with Crippen LogP contribution in [0.15, 0.2) is 42.0 Å². The van der Waals surface area contributed by atoms with Crippen LogP contribution in [0.25, 0.3) is 0 Å². The van der Waals surface area contributed by atoms with E-state index < -0.39 is 217 Å². The van der Waals surface area contributed by atoms with Crippen molar-refractivity contribution in [3.05, 3.63) is 58.7 Å². The zero-order chi connectivity index (χ0) is 78.0. The molecule has 15 N–H and O–H groups in total. The Morgan fingerprint density at radius 2 is 1.29 bits per heavy atom. The Morgan fingerprint density at radius 3 is 1.94 bits per heavy atom. The largest absolute Gasteiger partial charge is 0.459 e. The molecule has 105 heavy (non-hydrogen) atoms. The number of carbonyl (C=O) groups excluding carboxylic acids is 5. The smallest absolute Gasteiger partial charge is 0.330 e. The summed E-state index contributed by atoms with van der Waals surface area (Å²) in [4.78, 5) is 66.2. The van der Waals surface area contributed by atoms with Gasteiger partial charge in [0, 0.05) is 71.6 Å². The molecule has 33 atom stereocenters. The van der Waals surface area contributed by atoms with Gasteiger partial charge in [-0.1, -0.05) is 60.6 Å². The van der Waals surface area contributed by atoms with E-state index in [9.17, 15) is 101 Å². The van der Waals surface area contributed by atoms with Crippen molar-refractivity contribution >= 4 is 29.3 Å². The highest BCUT2D eigenvalue weighted by molar-refractivity contribution is 6.24. The van der Waals surface area contributed by atoms with Gasteiger partial charge in [0.15, 0.2) is 24.1 Å². The number of Topliss-reactive ketones (excluding diaryl/α,β-unsaturated/α-hetero) is 2. The number of ether oxygens (including phenoxy) is 8. The molecule has 4 saturated heterocycles. The minimum atomic E-state index is -3.07. The van der Waals surface area contributed by atoms with E-state index in [0.29, 0.717) is 24.8 Å². The van der Waals surface area contributed by atoms with Crippen LogP contribution in [0.5, 0.6) is 0 Å². The van der Waals surface area contributed by atoms with Gasteiger partial charge in [-0.05, 0) is 154 Å². The highest BCUT2D eigenvalue weighted by Gasteiger charge is 2.57. The summed E-state index contributed by atoms with van der Waals surface area (Å²) in [5, 5.41) is 169. The summed E-state index contributed by atoms with van der Waals surface area (Å²) >= 11 is 0. The fourth-order valence-electron chi connectivity index (χ4n) is 15.8. The predicted octanol–water partition coefficient (Wildman–Crippen LogP) is 3.31. The van der Waals surface area contributed by atoms with Gasteiger partial charge in [0.1, 0.15) is 36.6 Å². The second kappa shape index (κ2) is 38.6. The summed E-state index contributed by atoms with van der Waals surface area (Å²) in [5.74, 6) is -12.3. The maximum absolute atomic E-state index is 13.9. The number of hydrogen-bond acceptors (Lipinski definition) is 28. The second-order valence-electron chi connectivity index (χ2n) is 31.7. The number of aliphatic hydroxyl groups excluding tert-OH is 13. The third kappa shape index (κ3) is 23.0. The van der Waals surface area contributed by atoms with Crippen molar-refractivity contribution in [1.82, 2.24) is 0 Å². The number of cyclic esters (lactones) is 1. The SMILES string of the molecule is CCC(OC1CC(C)(O)C(OC2CCC(OC(=O)C(C)C(O)c3ccc4c(c3)C(=O)C=C(C)C4=O)C(C)O2)C(C)O1)C(C)C(O)C(C)C(O)C(C)C1OC(=O)C=CC(C)C(O)CC(O)CCCC(O)CCC(C)C(O)C(=O)C2(O)OC(CC(O)CC(O)CC(O)CCCC(O)C3OC3C1C)CC(O)C2O. The molecule has 0 spiro atoms. The van der Waals surface area contributed by atoms with Crippen LogP contribution in [-0.4, -0.2) is 258 Å². The lowest BCUT2D eigenvalue weighted by Crippen LogP contribution is -2.65. The first-order valence-electron chi connectivity index (χ1n) is 38.0. The predicted molar refractivity (Wildman–Crippen MR) is 376 cm³/mol. The molecule has 0 radical (unpaired) electrons. The molecular formula is C77H122O28. The zero-order valence-electron chi connectivity index (χ0n) is 62.9. The molecule has 28 heteroatoms. The van der Waals surface area contributed by atoms with Crippen molar-refractivity contribution in [2.75, 3.05) is 0 Å². The molecule has 598 valence electrons. The summed E-state index contributed by atoms with van der Waals surface area (Å²) in [6, 6.07) is 4.40. The quantitative estimate of drug-likeness (QED) is 0.0884. The Kier molecular flexibility index (Phi) is 32.4. The molecule has 1 aromatic rings. The number of rotatable bonds is 15. The van der Waals surface area contributed by atoms with E-state index in [4.69, 9.17) is 37.9 Å². The Balaban J connectivity index is 0.948. The number of fused-ring (bicyclic) bond motifs is 4. The maximum Gasteiger partial charge on any atom is 0.330 e. The lowest BCUT2D eigenvalue weighted by atomic mass is 9.77. The topological polar surface area (TPSA) is 466 Å². The number of hydrogen-bond donors (Lipinski definition) is 15. The van der Waals surface area contributed by atoms with E-state index in [2.05, 4.69) is 0 Å². The molecule has 5 aliphatic heterocycles. The first-order valence-corrected chi connectivity index (χ1v) is 38.0. The van der Waals surface area contributed by atoms with Crippen LogP contribution in [0.4, 0.5) is 0 Å². The minimum Gasteiger partial charge on any atom is -0.459 e. The van der Waals surface area contributed by atoms with Gasteiger partial charge in [-0.25, -0.2) is 4.79 Å². The third-order valence-electron chi connectivity index (χ3n) is 22.9. The highest BCUT2D eigenvalue weighted by atomic mass is 16.7. The van der Waals surface area contributed by atoms with Crippen LogP contribution in [0.2, 0.25) is 0 Å². The van der Waals surface area contributed by atoms with Gasteiger partial charge in [-0.3, -0.25) is 19.2 Å². The lowest BCUT2D eigenvalue weighted by molar-refractivity contribution is -0.330. The molecule has 2 bridgehead atoms. The summed E-state index contributed by atoms with van der Waals surface area (Å²) in [6.45, 7) is 19.9. The van der Waals surface area contributed by atoms with Gasteiger partial charge in [-0.15, -0.1) is 0 Å². The summed E-state index contributed by atoms with van der Waals surface area (Å²) in [7, 11) is 0. The fraction of sp³-hybridized carbons (Fsp3) is 0.805. The standard InChI is InChI=1S/C77H122O28/c1-13-59(100-63-35-76(12,96)74(45(11)99-63)103-62-27-25-60(44(10)98-62)101-75(95)42(8)68(92)46-22-24-53-54(29-46)57(85)28-38(4)64(53)88)39(5)66(90)40(6)67(91)41(7)69-43(9)70-71(104-70)55(83)19-15-18-48(79)30-50(81)31-51(82)32-52-34-58(86)72(93)77(97,105-52)73(94)65(89)37(3)20-23-47(78)16-14-17-49(80)33-56(84)36(2)21-26-61(87)102-69/h21-22,24,26,28-29,36-37,39-45,47-52,55-56,58-60,62-63,65-72,74,78-84,86,89-93,96-97H,13-20,23,25,27,30-35H2,1-12H3. The monoisotopic (exact) mass is 1490 g/mol. The third-order valence-corrected chi connectivity index (χ3v) is 22.9. The first-order chi connectivity index (χ1) is 49.2. The van der Waals surface area contributed by atoms with Crippen LogP contribution in [0.1, 0.15) is 225 Å². The Bertz CT molecular complexity index is 3050. The molecular weight excluding hydrogens is 1370 g/mol. The average molecular weight is 1500 g/mol. The van der Waals surface area contributed by atoms with E-state index in [0.717, 1.165) is 6.08 Å². The number of esters is 2. The number of epoxide rings is 1. The molecule has 0 amide bonds. The lowest BCUT2D eigenvalue weighted by Gasteiger charge is -2.47. The van der Waals surface area contributed by atoms with Crippen molar-refractivity contribution in [1.29, 1.82) is 0 Å². The summed E-state index contributed by atoms with van der Waals surface area (Å²) in [5.41, 5.74) is -0.586. The van der Waals surface area contributed by atoms with Crippen LogP contribution >= 0.6 is 0 Å². The zero-order valence-corrected chi connectivity index (χ0v) is 62.9. The van der Waals surface area contributed by atoms with Crippen molar-refractivity contribution in [2.45, 2.75) is 350 Å². The number of allylic oxidation sites excluding steroid dienone is 2. The minimum absolute atomic E-state index is 0.0557. The number of benzene rings is 1. The van der Waals surface area contributed by atoms with E-state index in [1.54, 1.807) is 62.3 Å². The molecule has 5 heterocycles. The Morgan fingerprint density at radius 1 is 0.657 bits per heavy atom. The van der Waals surface area contributed by atoms with Gasteiger partial charge in [-0.2, -0.15) is 0 Å². The van der Waals surface area contributed by atoms with Crippen LogP contribution in [0.3, 0.4) is 0 Å². The number of aliphatic hydroxyl groups is 15. The van der Waals surface area contributed by atoms with Crippen molar-refractivity contribution in [2.24, 2.45) is 41.4 Å². The van der Waals surface area contributed by atoms with Gasteiger partial charge < -0.3 is 114 Å². The first kappa shape index (κ1) is 88.0. The molecule has 1 aliphatic carbocycles. The van der Waals surface area contributed by atoms with Crippen LogP contribution in [-0.2, 0) is 52.3 Å². The molecule has 6 aliphatic rings. The molecule has 0 saturated carbocycles. The van der Waals surface area contributed by atoms with Gasteiger partial charge in [0.2, 0.25) is 5.78 Å². The van der Waals surface area contributed by atoms with E-state index in [1.807, 2.05) is 6.92 Å². The maximum atomic E-state index is 13.9. The Hall–Kier alpha value is -4.19. The van der Waals surface area contributed by atoms with E-state index >= 15 is 0 Å². The number of carbonyl (C=O) groups is 5. The molecule has 7 rings (SSSR count).